The number of imidazole rings is 1. The first-order valence-electron chi connectivity index (χ1n) is 8.75. The van der Waals surface area contributed by atoms with Crippen molar-refractivity contribution in [2.24, 2.45) is 0 Å². The molecule has 7 nitrogen and oxygen atoms in total. The summed E-state index contributed by atoms with van der Waals surface area (Å²) in [5, 5.41) is 2.90. The van der Waals surface area contributed by atoms with Gasteiger partial charge in [0.15, 0.2) is 5.65 Å². The molecule has 2 heterocycles. The van der Waals surface area contributed by atoms with Crippen molar-refractivity contribution in [3.8, 4) is 16.9 Å². The Morgan fingerprint density at radius 1 is 1.35 bits per heavy atom. The van der Waals surface area contributed by atoms with Gasteiger partial charge in [0.05, 0.1) is 12.1 Å². The van der Waals surface area contributed by atoms with Gasteiger partial charge >= 0.3 is 5.69 Å². The smallest absolute Gasteiger partial charge is 0.328 e. The largest absolute Gasteiger partial charge is 0.494 e. The highest BCUT2D eigenvalue weighted by Crippen LogP contribution is 2.25. The lowest BCUT2D eigenvalue weighted by Gasteiger charge is -2.07. The second-order valence-corrected chi connectivity index (χ2v) is 6.41. The summed E-state index contributed by atoms with van der Waals surface area (Å²) in [5.74, 6) is 0.625. The zero-order valence-corrected chi connectivity index (χ0v) is 14.5. The van der Waals surface area contributed by atoms with Crippen LogP contribution in [0.4, 0.5) is 0 Å². The lowest BCUT2D eigenvalue weighted by molar-refractivity contribution is -0.121. The summed E-state index contributed by atoms with van der Waals surface area (Å²) in [6.07, 6.45) is 3.73. The van der Waals surface area contributed by atoms with Crippen LogP contribution in [0, 0.1) is 0 Å². The molecule has 1 saturated carbocycles. The molecule has 0 unspecified atom stereocenters. The summed E-state index contributed by atoms with van der Waals surface area (Å²) < 4.78 is 6.97. The number of carbonyl (C=O) groups is 1. The molecule has 2 aromatic heterocycles. The molecule has 1 aromatic carbocycles. The molecule has 1 aliphatic carbocycles. The average molecular weight is 352 g/mol. The number of hydrogen-bond acceptors (Lipinski definition) is 4. The van der Waals surface area contributed by atoms with Crippen LogP contribution in [0.15, 0.2) is 41.3 Å². The van der Waals surface area contributed by atoms with Crippen LogP contribution in [0.3, 0.4) is 0 Å². The Balaban J connectivity index is 1.69. The summed E-state index contributed by atoms with van der Waals surface area (Å²) in [5.41, 5.74) is 2.54. The minimum absolute atomic E-state index is 0.0144. The minimum atomic E-state index is -0.335. The molecule has 1 amide bonds. The van der Waals surface area contributed by atoms with E-state index in [1.807, 2.05) is 37.3 Å². The van der Waals surface area contributed by atoms with Crippen LogP contribution in [0.1, 0.15) is 19.8 Å². The molecule has 0 atom stereocenters. The Morgan fingerprint density at radius 3 is 2.96 bits per heavy atom. The molecule has 0 aliphatic heterocycles. The molecule has 7 heteroatoms. The quantitative estimate of drug-likeness (QED) is 0.711. The predicted molar refractivity (Wildman–Crippen MR) is 98.1 cm³/mol. The maximum absolute atomic E-state index is 12.2. The van der Waals surface area contributed by atoms with Gasteiger partial charge < -0.3 is 10.1 Å². The molecule has 0 bridgehead atoms. The van der Waals surface area contributed by atoms with Gasteiger partial charge in [0.1, 0.15) is 12.3 Å². The Bertz CT molecular complexity index is 1020. The van der Waals surface area contributed by atoms with E-state index in [1.54, 1.807) is 6.20 Å². The third-order valence-electron chi connectivity index (χ3n) is 4.35. The molecule has 134 valence electrons. The lowest BCUT2D eigenvalue weighted by atomic mass is 10.1. The normalized spacial score (nSPS) is 13.7. The van der Waals surface area contributed by atoms with Crippen molar-refractivity contribution in [2.75, 3.05) is 6.61 Å². The number of rotatable bonds is 6. The van der Waals surface area contributed by atoms with Crippen molar-refractivity contribution in [3.05, 3.63) is 47.0 Å². The maximum atomic E-state index is 12.2. The molecular formula is C19H20N4O3. The molecular weight excluding hydrogens is 332 g/mol. The highest BCUT2D eigenvalue weighted by molar-refractivity contribution is 5.82. The van der Waals surface area contributed by atoms with Crippen LogP contribution >= 0.6 is 0 Å². The van der Waals surface area contributed by atoms with E-state index in [2.05, 4.69) is 15.3 Å². The van der Waals surface area contributed by atoms with Crippen molar-refractivity contribution in [3.63, 3.8) is 0 Å². The second-order valence-electron chi connectivity index (χ2n) is 6.41. The van der Waals surface area contributed by atoms with Crippen LogP contribution < -0.4 is 15.7 Å². The monoisotopic (exact) mass is 352 g/mol. The summed E-state index contributed by atoms with van der Waals surface area (Å²) in [6, 6.07) is 9.83. The van der Waals surface area contributed by atoms with Gasteiger partial charge in [-0.2, -0.15) is 0 Å². The van der Waals surface area contributed by atoms with E-state index in [1.165, 1.54) is 4.57 Å². The second kappa shape index (κ2) is 6.67. The number of nitrogens with zero attached hydrogens (tertiary/aromatic N) is 2. The van der Waals surface area contributed by atoms with E-state index < -0.39 is 0 Å². The molecule has 3 aromatic rings. The molecule has 0 saturated heterocycles. The highest BCUT2D eigenvalue weighted by Gasteiger charge is 2.24. The van der Waals surface area contributed by atoms with Crippen LogP contribution in [0.25, 0.3) is 22.3 Å². The SMILES string of the molecule is CCOc1cccc(-c2cnc3[nH]c(=O)n(CC(=O)NC4CC4)c3c2)c1. The summed E-state index contributed by atoms with van der Waals surface area (Å²) in [6.45, 7) is 2.51. The van der Waals surface area contributed by atoms with Crippen LogP contribution in [-0.4, -0.2) is 33.1 Å². The number of carbonyl (C=O) groups excluding carboxylic acids is 1. The zero-order valence-electron chi connectivity index (χ0n) is 14.5. The van der Waals surface area contributed by atoms with Crippen LogP contribution in [0.2, 0.25) is 0 Å². The fraction of sp³-hybridized carbons (Fsp3) is 0.316. The number of H-pyrrole nitrogens is 1. The van der Waals surface area contributed by atoms with Gasteiger partial charge in [-0.3, -0.25) is 14.3 Å². The minimum Gasteiger partial charge on any atom is -0.494 e. The van der Waals surface area contributed by atoms with Gasteiger partial charge in [-0.25, -0.2) is 9.78 Å². The van der Waals surface area contributed by atoms with Gasteiger partial charge in [-0.15, -0.1) is 0 Å². The van der Waals surface area contributed by atoms with E-state index in [0.29, 0.717) is 17.8 Å². The molecule has 26 heavy (non-hydrogen) atoms. The molecule has 0 radical (unpaired) electrons. The number of aromatic amines is 1. The van der Waals surface area contributed by atoms with Gasteiger partial charge in [0, 0.05) is 17.8 Å². The molecule has 2 N–H and O–H groups in total. The number of nitrogens with one attached hydrogen (secondary N) is 2. The van der Waals surface area contributed by atoms with E-state index in [9.17, 15) is 9.59 Å². The van der Waals surface area contributed by atoms with Gasteiger partial charge in [-0.1, -0.05) is 12.1 Å². The number of pyridine rings is 1. The number of ether oxygens (including phenoxy) is 1. The number of fused-ring (bicyclic) bond motifs is 1. The molecule has 1 fully saturated rings. The third-order valence-corrected chi connectivity index (χ3v) is 4.35. The molecule has 1 aliphatic rings. The van der Waals surface area contributed by atoms with E-state index in [4.69, 9.17) is 4.74 Å². The number of benzene rings is 1. The standard InChI is InChI=1S/C19H20N4O3/c1-2-26-15-5-3-4-12(8-15)13-9-16-18(20-10-13)22-19(25)23(16)11-17(24)21-14-6-7-14/h3-5,8-10,14H,2,6-7,11H2,1H3,(H,21,24)(H,20,22,25). The molecule has 0 spiro atoms. The lowest BCUT2D eigenvalue weighted by Crippen LogP contribution is -2.32. The fourth-order valence-electron chi connectivity index (χ4n) is 2.92. The highest BCUT2D eigenvalue weighted by atomic mass is 16.5. The third kappa shape index (κ3) is 3.33. The van der Waals surface area contributed by atoms with Crippen LogP contribution in [-0.2, 0) is 11.3 Å². The summed E-state index contributed by atoms with van der Waals surface area (Å²) >= 11 is 0. The number of amides is 1. The summed E-state index contributed by atoms with van der Waals surface area (Å²) in [7, 11) is 0. The maximum Gasteiger partial charge on any atom is 0.328 e. The van der Waals surface area contributed by atoms with E-state index in [0.717, 1.165) is 29.7 Å². The van der Waals surface area contributed by atoms with Crippen molar-refractivity contribution < 1.29 is 9.53 Å². The molecule has 4 rings (SSSR count). The van der Waals surface area contributed by atoms with Crippen LogP contribution in [0.5, 0.6) is 5.75 Å². The fourth-order valence-corrected chi connectivity index (χ4v) is 2.92. The Kier molecular flexibility index (Phi) is 4.20. The first kappa shape index (κ1) is 16.4. The first-order valence-corrected chi connectivity index (χ1v) is 8.75. The number of hydrogen-bond donors (Lipinski definition) is 2. The zero-order chi connectivity index (χ0) is 18.1. The van der Waals surface area contributed by atoms with Gasteiger partial charge in [-0.05, 0) is 43.5 Å². The summed E-state index contributed by atoms with van der Waals surface area (Å²) in [4.78, 5) is 31.4. The predicted octanol–water partition coefficient (Wildman–Crippen LogP) is 2.07. The van der Waals surface area contributed by atoms with E-state index >= 15 is 0 Å². The number of aromatic nitrogens is 3. The Hall–Kier alpha value is -3.09. The van der Waals surface area contributed by atoms with Crippen molar-refractivity contribution in [1.29, 1.82) is 0 Å². The Morgan fingerprint density at radius 2 is 2.19 bits per heavy atom. The average Bonchev–Trinajstić information content (AvgIpc) is 3.39. The first-order chi connectivity index (χ1) is 12.6. The van der Waals surface area contributed by atoms with E-state index in [-0.39, 0.29) is 24.2 Å². The topological polar surface area (TPSA) is 89.0 Å². The van der Waals surface area contributed by atoms with Crippen molar-refractivity contribution >= 4 is 17.1 Å². The van der Waals surface area contributed by atoms with Crippen molar-refractivity contribution in [1.82, 2.24) is 19.9 Å². The Labute approximate surface area is 150 Å². The van der Waals surface area contributed by atoms with Gasteiger partial charge in [0.2, 0.25) is 5.91 Å². The van der Waals surface area contributed by atoms with Crippen molar-refractivity contribution in [2.45, 2.75) is 32.4 Å². The van der Waals surface area contributed by atoms with Gasteiger partial charge in [0.25, 0.3) is 0 Å².